The van der Waals surface area contributed by atoms with Crippen molar-refractivity contribution in [3.63, 3.8) is 0 Å². The average Bonchev–Trinajstić information content (AvgIpc) is 2.60. The molecule has 1 saturated heterocycles. The van der Waals surface area contributed by atoms with E-state index in [0.717, 1.165) is 18.9 Å². The van der Waals surface area contributed by atoms with E-state index in [0.29, 0.717) is 37.1 Å². The zero-order valence-corrected chi connectivity index (χ0v) is 16.1. The molecule has 0 bridgehead atoms. The lowest BCUT2D eigenvalue weighted by atomic mass is 9.98. The molecule has 1 fully saturated rings. The first-order valence-electron chi connectivity index (χ1n) is 8.58. The number of sulfonamides is 1. The summed E-state index contributed by atoms with van der Waals surface area (Å²) < 4.78 is 51.0. The molecular weight excluding hydrogens is 362 g/mol. The van der Waals surface area contributed by atoms with Crippen LogP contribution < -0.4 is 10.6 Å². The minimum Gasteiger partial charge on any atom is -0.356 e. The fourth-order valence-electron chi connectivity index (χ4n) is 2.95. The minimum atomic E-state index is -3.12. The Bertz CT molecular complexity index is 747. The Morgan fingerprint density at radius 2 is 1.96 bits per heavy atom. The zero-order valence-electron chi connectivity index (χ0n) is 15.3. The molecule has 1 atom stereocenters. The normalized spacial score (nSPS) is 18.6. The Morgan fingerprint density at radius 3 is 2.50 bits per heavy atom. The van der Waals surface area contributed by atoms with Crippen LogP contribution in [-0.2, 0) is 10.0 Å². The minimum absolute atomic E-state index is 0.247. The Labute approximate surface area is 153 Å². The molecule has 1 aromatic carbocycles. The molecule has 0 aliphatic carbocycles. The summed E-state index contributed by atoms with van der Waals surface area (Å²) in [5.74, 6) is -0.835. The number of rotatable bonds is 5. The van der Waals surface area contributed by atoms with Gasteiger partial charge in [0.1, 0.15) is 0 Å². The molecule has 6 nitrogen and oxygen atoms in total. The van der Waals surface area contributed by atoms with Gasteiger partial charge in [-0.2, -0.15) is 0 Å². The zero-order chi connectivity index (χ0) is 19.3. The topological polar surface area (TPSA) is 73.8 Å². The lowest BCUT2D eigenvalue weighted by Gasteiger charge is -2.30. The van der Waals surface area contributed by atoms with Crippen molar-refractivity contribution in [2.75, 3.05) is 32.9 Å². The van der Waals surface area contributed by atoms with Crippen LogP contribution in [0.3, 0.4) is 0 Å². The van der Waals surface area contributed by atoms with E-state index in [1.807, 2.05) is 6.92 Å². The van der Waals surface area contributed by atoms with Gasteiger partial charge >= 0.3 is 0 Å². The number of aliphatic imine (C=N–C) groups is 1. The van der Waals surface area contributed by atoms with Gasteiger partial charge in [0.25, 0.3) is 0 Å². The van der Waals surface area contributed by atoms with Crippen molar-refractivity contribution in [3.8, 4) is 0 Å². The van der Waals surface area contributed by atoms with Gasteiger partial charge in [0.15, 0.2) is 17.6 Å². The van der Waals surface area contributed by atoms with Crippen LogP contribution in [0.1, 0.15) is 31.4 Å². The highest BCUT2D eigenvalue weighted by Gasteiger charge is 2.25. The highest BCUT2D eigenvalue weighted by molar-refractivity contribution is 7.88. The largest absolute Gasteiger partial charge is 0.356 e. The molecule has 0 spiro atoms. The summed E-state index contributed by atoms with van der Waals surface area (Å²) in [5.41, 5.74) is 0.619. The Morgan fingerprint density at radius 1 is 1.31 bits per heavy atom. The molecule has 26 heavy (non-hydrogen) atoms. The predicted molar refractivity (Wildman–Crippen MR) is 98.4 cm³/mol. The molecule has 146 valence electrons. The maximum absolute atomic E-state index is 13.4. The van der Waals surface area contributed by atoms with Crippen LogP contribution in [0.4, 0.5) is 8.78 Å². The van der Waals surface area contributed by atoms with Crippen LogP contribution >= 0.6 is 0 Å². The Kier molecular flexibility index (Phi) is 6.94. The maximum atomic E-state index is 13.4. The van der Waals surface area contributed by atoms with Crippen molar-refractivity contribution in [3.05, 3.63) is 35.4 Å². The van der Waals surface area contributed by atoms with Gasteiger partial charge in [-0.15, -0.1) is 0 Å². The SMILES string of the molecule is CN=C(NCC1CCN(S(C)(=O)=O)CC1)NC(C)c1ccc(F)c(F)c1. The maximum Gasteiger partial charge on any atom is 0.211 e. The van der Waals surface area contributed by atoms with Crippen LogP contribution in [0.2, 0.25) is 0 Å². The quantitative estimate of drug-likeness (QED) is 0.597. The first-order chi connectivity index (χ1) is 12.2. The third-order valence-corrected chi connectivity index (χ3v) is 5.92. The van der Waals surface area contributed by atoms with Crippen LogP contribution in [0.25, 0.3) is 0 Å². The third-order valence-electron chi connectivity index (χ3n) is 4.62. The molecule has 1 unspecified atom stereocenters. The van der Waals surface area contributed by atoms with E-state index < -0.39 is 21.7 Å². The lowest BCUT2D eigenvalue weighted by Crippen LogP contribution is -2.44. The van der Waals surface area contributed by atoms with E-state index >= 15 is 0 Å². The highest BCUT2D eigenvalue weighted by atomic mass is 32.2. The summed E-state index contributed by atoms with van der Waals surface area (Å²) in [6, 6.07) is 3.56. The number of hydrogen-bond acceptors (Lipinski definition) is 3. The molecule has 0 saturated carbocycles. The monoisotopic (exact) mass is 388 g/mol. The summed E-state index contributed by atoms with van der Waals surface area (Å²) in [5, 5.41) is 6.37. The molecule has 1 aliphatic rings. The number of halogens is 2. The standard InChI is InChI=1S/C17H26F2N4O2S/c1-12(14-4-5-15(18)16(19)10-14)22-17(20-2)21-11-13-6-8-23(9-7-13)26(3,24)25/h4-5,10,12-13H,6-9,11H2,1-3H3,(H2,20,21,22). The van der Waals surface area contributed by atoms with Crippen LogP contribution in [0.15, 0.2) is 23.2 Å². The van der Waals surface area contributed by atoms with E-state index in [1.54, 1.807) is 7.05 Å². The van der Waals surface area contributed by atoms with Crippen molar-refractivity contribution in [2.45, 2.75) is 25.8 Å². The molecule has 1 heterocycles. The molecule has 0 radical (unpaired) electrons. The van der Waals surface area contributed by atoms with Gasteiger partial charge in [-0.3, -0.25) is 4.99 Å². The van der Waals surface area contributed by atoms with Crippen molar-refractivity contribution >= 4 is 16.0 Å². The van der Waals surface area contributed by atoms with Gasteiger partial charge in [-0.1, -0.05) is 6.07 Å². The van der Waals surface area contributed by atoms with Gasteiger partial charge in [0.2, 0.25) is 10.0 Å². The highest BCUT2D eigenvalue weighted by Crippen LogP contribution is 2.19. The number of nitrogens with one attached hydrogen (secondary N) is 2. The van der Waals surface area contributed by atoms with E-state index in [-0.39, 0.29) is 6.04 Å². The van der Waals surface area contributed by atoms with Crippen molar-refractivity contribution in [1.82, 2.24) is 14.9 Å². The fourth-order valence-corrected chi connectivity index (χ4v) is 3.82. The van der Waals surface area contributed by atoms with Crippen molar-refractivity contribution < 1.29 is 17.2 Å². The van der Waals surface area contributed by atoms with Gasteiger partial charge in [-0.25, -0.2) is 21.5 Å². The lowest BCUT2D eigenvalue weighted by molar-refractivity contribution is 0.274. The summed E-state index contributed by atoms with van der Waals surface area (Å²) in [6.07, 6.45) is 2.81. The second kappa shape index (κ2) is 8.77. The molecular formula is C17H26F2N4O2S. The summed E-state index contributed by atoms with van der Waals surface area (Å²) in [7, 11) is -1.48. The molecule has 2 N–H and O–H groups in total. The van der Waals surface area contributed by atoms with E-state index in [1.165, 1.54) is 22.7 Å². The first-order valence-corrected chi connectivity index (χ1v) is 10.4. The molecule has 1 aromatic rings. The number of piperidine rings is 1. The summed E-state index contributed by atoms with van der Waals surface area (Å²) in [6.45, 7) is 3.57. The van der Waals surface area contributed by atoms with Crippen molar-refractivity contribution in [1.29, 1.82) is 0 Å². The van der Waals surface area contributed by atoms with Gasteiger partial charge < -0.3 is 10.6 Å². The molecule has 0 aromatic heterocycles. The second-order valence-corrected chi connectivity index (χ2v) is 8.58. The summed E-state index contributed by atoms with van der Waals surface area (Å²) >= 11 is 0. The van der Waals surface area contributed by atoms with Crippen LogP contribution in [-0.4, -0.2) is 51.6 Å². The Hall–Kier alpha value is -1.74. The number of guanidine groups is 1. The Balaban J connectivity index is 1.84. The van der Waals surface area contributed by atoms with E-state index in [2.05, 4.69) is 15.6 Å². The smallest absolute Gasteiger partial charge is 0.211 e. The molecule has 0 amide bonds. The first kappa shape index (κ1) is 20.6. The van der Waals surface area contributed by atoms with Crippen LogP contribution in [0.5, 0.6) is 0 Å². The van der Waals surface area contributed by atoms with Gasteiger partial charge in [0.05, 0.1) is 12.3 Å². The van der Waals surface area contributed by atoms with Crippen molar-refractivity contribution in [2.24, 2.45) is 10.9 Å². The average molecular weight is 388 g/mol. The number of benzene rings is 1. The fraction of sp³-hybridized carbons (Fsp3) is 0.588. The molecule has 9 heteroatoms. The van der Waals surface area contributed by atoms with E-state index in [4.69, 9.17) is 0 Å². The molecule has 2 rings (SSSR count). The third kappa shape index (κ3) is 5.63. The van der Waals surface area contributed by atoms with E-state index in [9.17, 15) is 17.2 Å². The molecule has 1 aliphatic heterocycles. The predicted octanol–water partition coefficient (Wildman–Crippen LogP) is 1.86. The number of hydrogen-bond donors (Lipinski definition) is 2. The van der Waals surface area contributed by atoms with Crippen LogP contribution in [0, 0.1) is 17.6 Å². The summed E-state index contributed by atoms with van der Waals surface area (Å²) in [4.78, 5) is 4.15. The van der Waals surface area contributed by atoms with Gasteiger partial charge in [0, 0.05) is 26.7 Å². The van der Waals surface area contributed by atoms with Gasteiger partial charge in [-0.05, 0) is 43.4 Å². The number of nitrogens with zero attached hydrogens (tertiary/aromatic N) is 2. The second-order valence-electron chi connectivity index (χ2n) is 6.60.